The smallest absolute Gasteiger partial charge is 0.256 e. The number of rotatable bonds is 5. The number of thioether (sulfide) groups is 1. The summed E-state index contributed by atoms with van der Waals surface area (Å²) in [7, 11) is 1.77. The maximum Gasteiger partial charge on any atom is 0.256 e. The van der Waals surface area contributed by atoms with Crippen LogP contribution >= 0.6 is 27.7 Å². The van der Waals surface area contributed by atoms with Gasteiger partial charge in [-0.05, 0) is 42.7 Å². The van der Waals surface area contributed by atoms with Crippen LogP contribution in [0, 0.1) is 0 Å². The second kappa shape index (κ2) is 7.89. The molecule has 25 heavy (non-hydrogen) atoms. The van der Waals surface area contributed by atoms with Gasteiger partial charge in [0.1, 0.15) is 16.5 Å². The molecule has 6 heteroatoms. The van der Waals surface area contributed by atoms with Crippen LogP contribution < -0.4 is 0 Å². The van der Waals surface area contributed by atoms with Gasteiger partial charge in [0.25, 0.3) is 5.91 Å². The van der Waals surface area contributed by atoms with Crippen molar-refractivity contribution < 1.29 is 9.21 Å². The van der Waals surface area contributed by atoms with Crippen molar-refractivity contribution in [3.8, 4) is 11.3 Å². The number of hydrogen-bond acceptors (Lipinski definition) is 4. The highest BCUT2D eigenvalue weighted by atomic mass is 79.9. The van der Waals surface area contributed by atoms with E-state index in [0.717, 1.165) is 26.6 Å². The van der Waals surface area contributed by atoms with Crippen LogP contribution in [-0.2, 0) is 6.54 Å². The van der Waals surface area contributed by atoms with Gasteiger partial charge in [-0.3, -0.25) is 4.79 Å². The molecule has 0 aliphatic rings. The maximum absolute atomic E-state index is 12.7. The van der Waals surface area contributed by atoms with E-state index >= 15 is 0 Å². The molecule has 0 N–H and O–H groups in total. The van der Waals surface area contributed by atoms with Crippen LogP contribution in [-0.4, -0.2) is 29.1 Å². The van der Waals surface area contributed by atoms with Gasteiger partial charge in [-0.2, -0.15) is 0 Å². The minimum atomic E-state index is -0.0703. The average Bonchev–Trinajstić information content (AvgIpc) is 3.10. The molecule has 0 atom stereocenters. The highest BCUT2D eigenvalue weighted by Gasteiger charge is 2.17. The Bertz CT molecular complexity index is 877. The van der Waals surface area contributed by atoms with Crippen LogP contribution in [0.25, 0.3) is 11.3 Å². The lowest BCUT2D eigenvalue weighted by Gasteiger charge is -2.17. The van der Waals surface area contributed by atoms with Crippen LogP contribution in [0.2, 0.25) is 0 Å². The molecule has 0 radical (unpaired) electrons. The van der Waals surface area contributed by atoms with Crippen LogP contribution in [0.15, 0.2) is 68.6 Å². The lowest BCUT2D eigenvalue weighted by atomic mass is 10.2. The first-order valence-corrected chi connectivity index (χ1v) is 9.69. The van der Waals surface area contributed by atoms with Crippen molar-refractivity contribution in [2.24, 2.45) is 0 Å². The Morgan fingerprint density at radius 2 is 1.96 bits per heavy atom. The van der Waals surface area contributed by atoms with Gasteiger partial charge in [0.05, 0.1) is 12.1 Å². The predicted molar refractivity (Wildman–Crippen MR) is 104 cm³/mol. The van der Waals surface area contributed by atoms with Crippen LogP contribution in [0.3, 0.4) is 0 Å². The van der Waals surface area contributed by atoms with Gasteiger partial charge in [-0.1, -0.05) is 28.1 Å². The molecule has 2 heterocycles. The van der Waals surface area contributed by atoms with Gasteiger partial charge in [-0.15, -0.1) is 11.8 Å². The Labute approximate surface area is 159 Å². The fourth-order valence-corrected chi connectivity index (χ4v) is 3.27. The molecule has 1 amide bonds. The number of nitrogens with zero attached hydrogens (tertiary/aromatic N) is 2. The van der Waals surface area contributed by atoms with E-state index in [9.17, 15) is 4.79 Å². The molecule has 4 nitrogen and oxygen atoms in total. The molecule has 2 aromatic heterocycles. The van der Waals surface area contributed by atoms with E-state index < -0.39 is 0 Å². The first-order chi connectivity index (χ1) is 12.1. The molecular formula is C19H17BrN2O2S. The number of aromatic nitrogens is 1. The van der Waals surface area contributed by atoms with Gasteiger partial charge in [0, 0.05) is 23.3 Å². The zero-order valence-electron chi connectivity index (χ0n) is 13.9. The Hall–Kier alpha value is -2.05. The Morgan fingerprint density at radius 1 is 1.20 bits per heavy atom. The number of carbonyl (C=O) groups is 1. The summed E-state index contributed by atoms with van der Waals surface area (Å²) in [5.74, 6) is 1.46. The molecule has 128 valence electrons. The van der Waals surface area contributed by atoms with Crippen LogP contribution in [0.5, 0.6) is 0 Å². The third-order valence-electron chi connectivity index (χ3n) is 3.73. The van der Waals surface area contributed by atoms with Gasteiger partial charge in [0.2, 0.25) is 0 Å². The third-order valence-corrected chi connectivity index (χ3v) is 4.97. The third kappa shape index (κ3) is 4.14. The standard InChI is InChI=1S/C19H17BrN2O2S/c1-22(19(23)16-4-3-11-21-18(16)25-2)12-15-9-10-17(24-15)13-5-7-14(20)8-6-13/h3-11H,12H2,1-2H3. The van der Waals surface area contributed by atoms with E-state index in [-0.39, 0.29) is 5.91 Å². The second-order valence-electron chi connectivity index (χ2n) is 5.49. The van der Waals surface area contributed by atoms with E-state index in [1.54, 1.807) is 30.3 Å². The molecule has 0 saturated carbocycles. The first kappa shape index (κ1) is 17.8. The molecule has 0 aliphatic heterocycles. The van der Waals surface area contributed by atoms with E-state index in [2.05, 4.69) is 20.9 Å². The molecule has 1 aromatic carbocycles. The summed E-state index contributed by atoms with van der Waals surface area (Å²) < 4.78 is 6.92. The van der Waals surface area contributed by atoms with Gasteiger partial charge in [-0.25, -0.2) is 4.98 Å². The molecule has 3 aromatic rings. The molecule has 3 rings (SSSR count). The van der Waals surface area contributed by atoms with E-state index in [1.807, 2.05) is 42.7 Å². The van der Waals surface area contributed by atoms with Crippen molar-refractivity contribution in [2.75, 3.05) is 13.3 Å². The Kier molecular flexibility index (Phi) is 5.60. The first-order valence-electron chi connectivity index (χ1n) is 7.67. The molecule has 0 saturated heterocycles. The number of pyridine rings is 1. The van der Waals surface area contributed by atoms with Crippen molar-refractivity contribution in [1.29, 1.82) is 0 Å². The Morgan fingerprint density at radius 3 is 2.68 bits per heavy atom. The Balaban J connectivity index is 1.74. The van der Waals surface area contributed by atoms with Crippen LogP contribution in [0.1, 0.15) is 16.1 Å². The largest absolute Gasteiger partial charge is 0.459 e. The van der Waals surface area contributed by atoms with Crippen molar-refractivity contribution >= 4 is 33.6 Å². The summed E-state index contributed by atoms with van der Waals surface area (Å²) in [4.78, 5) is 18.6. The van der Waals surface area contributed by atoms with E-state index in [4.69, 9.17) is 4.42 Å². The highest BCUT2D eigenvalue weighted by Crippen LogP contribution is 2.25. The number of furan rings is 1. The minimum Gasteiger partial charge on any atom is -0.459 e. The topological polar surface area (TPSA) is 46.3 Å². The lowest BCUT2D eigenvalue weighted by molar-refractivity contribution is 0.0771. The summed E-state index contributed by atoms with van der Waals surface area (Å²) in [5, 5.41) is 0.731. The summed E-state index contributed by atoms with van der Waals surface area (Å²) in [6.07, 6.45) is 3.61. The second-order valence-corrected chi connectivity index (χ2v) is 7.20. The molecular weight excluding hydrogens is 400 g/mol. The zero-order chi connectivity index (χ0) is 17.8. The average molecular weight is 417 g/mol. The summed E-state index contributed by atoms with van der Waals surface area (Å²) in [6, 6.07) is 15.3. The highest BCUT2D eigenvalue weighted by molar-refractivity contribution is 9.10. The van der Waals surface area contributed by atoms with Gasteiger partial charge in [0.15, 0.2) is 0 Å². The minimum absolute atomic E-state index is 0.0703. The van der Waals surface area contributed by atoms with Crippen molar-refractivity contribution in [3.05, 3.63) is 70.5 Å². The number of carbonyl (C=O) groups excluding carboxylic acids is 1. The summed E-state index contributed by atoms with van der Waals surface area (Å²) in [5.41, 5.74) is 1.61. The molecule has 0 fully saturated rings. The van der Waals surface area contributed by atoms with E-state index in [0.29, 0.717) is 12.1 Å². The predicted octanol–water partition coefficient (Wildman–Crippen LogP) is 5.10. The summed E-state index contributed by atoms with van der Waals surface area (Å²) >= 11 is 4.89. The zero-order valence-corrected chi connectivity index (χ0v) is 16.3. The number of amides is 1. The fourth-order valence-electron chi connectivity index (χ4n) is 2.46. The van der Waals surface area contributed by atoms with Crippen molar-refractivity contribution in [3.63, 3.8) is 0 Å². The molecule has 0 aliphatic carbocycles. The van der Waals surface area contributed by atoms with Gasteiger partial charge >= 0.3 is 0 Å². The number of hydrogen-bond donors (Lipinski definition) is 0. The number of halogens is 1. The van der Waals surface area contributed by atoms with E-state index in [1.165, 1.54) is 11.8 Å². The molecule has 0 spiro atoms. The number of benzene rings is 1. The van der Waals surface area contributed by atoms with Crippen molar-refractivity contribution in [1.82, 2.24) is 9.88 Å². The summed E-state index contributed by atoms with van der Waals surface area (Å²) in [6.45, 7) is 0.401. The lowest BCUT2D eigenvalue weighted by Crippen LogP contribution is -2.26. The molecule has 0 unspecified atom stereocenters. The van der Waals surface area contributed by atoms with Gasteiger partial charge < -0.3 is 9.32 Å². The normalized spacial score (nSPS) is 10.7. The molecule has 0 bridgehead atoms. The quantitative estimate of drug-likeness (QED) is 0.542. The maximum atomic E-state index is 12.7. The fraction of sp³-hybridized carbons (Fsp3) is 0.158. The van der Waals surface area contributed by atoms with Crippen LogP contribution in [0.4, 0.5) is 0 Å². The SMILES string of the molecule is CSc1ncccc1C(=O)N(C)Cc1ccc(-c2ccc(Br)cc2)o1. The van der Waals surface area contributed by atoms with Crippen molar-refractivity contribution in [2.45, 2.75) is 11.6 Å². The monoisotopic (exact) mass is 416 g/mol.